The summed E-state index contributed by atoms with van der Waals surface area (Å²) < 4.78 is 16.6. The van der Waals surface area contributed by atoms with Crippen molar-refractivity contribution in [1.29, 1.82) is 0 Å². The van der Waals surface area contributed by atoms with Crippen LogP contribution in [0.4, 0.5) is 4.79 Å². The van der Waals surface area contributed by atoms with Gasteiger partial charge in [-0.3, -0.25) is 4.90 Å². The first-order valence-corrected chi connectivity index (χ1v) is 11.1. The average Bonchev–Trinajstić information content (AvgIpc) is 3.48. The number of benzene rings is 2. The minimum Gasteiger partial charge on any atom is -0.454 e. The third kappa shape index (κ3) is 4.04. The summed E-state index contributed by atoms with van der Waals surface area (Å²) in [4.78, 5) is 19.5. The lowest BCUT2D eigenvalue weighted by Gasteiger charge is -2.35. The standard InChI is InChI=1S/C25H26N4O4/c1-15(2)11-12-29-16(3)21(22(26-25(29)30)17-7-5-4-6-8-17)24-27-23(28-33-24)18-9-10-19-20(13-18)32-14-31-19/h4-10,13,15,22H,11-12,14H2,1-3H3,(H,26,30). The number of amides is 2. The van der Waals surface area contributed by atoms with Crippen molar-refractivity contribution in [2.24, 2.45) is 5.92 Å². The predicted octanol–water partition coefficient (Wildman–Crippen LogP) is 5.01. The van der Waals surface area contributed by atoms with Crippen molar-refractivity contribution in [2.75, 3.05) is 13.3 Å². The fourth-order valence-electron chi connectivity index (χ4n) is 4.10. The van der Waals surface area contributed by atoms with Crippen LogP contribution in [0.15, 0.2) is 58.8 Å². The zero-order chi connectivity index (χ0) is 22.9. The zero-order valence-electron chi connectivity index (χ0n) is 18.9. The maximum absolute atomic E-state index is 13.0. The number of fused-ring (bicyclic) bond motifs is 1. The van der Waals surface area contributed by atoms with Crippen molar-refractivity contribution < 1.29 is 18.8 Å². The summed E-state index contributed by atoms with van der Waals surface area (Å²) in [6, 6.07) is 14.8. The van der Waals surface area contributed by atoms with Gasteiger partial charge in [0.25, 0.3) is 5.89 Å². The first-order valence-electron chi connectivity index (χ1n) is 11.1. The second-order valence-electron chi connectivity index (χ2n) is 8.62. The number of hydrogen-bond donors (Lipinski definition) is 1. The van der Waals surface area contributed by atoms with Gasteiger partial charge >= 0.3 is 6.03 Å². The van der Waals surface area contributed by atoms with E-state index in [0.29, 0.717) is 35.7 Å². The van der Waals surface area contributed by atoms with E-state index in [1.54, 1.807) is 4.90 Å². The molecule has 3 aromatic rings. The molecule has 0 spiro atoms. The molecule has 0 radical (unpaired) electrons. The highest BCUT2D eigenvalue weighted by Crippen LogP contribution is 2.39. The number of carbonyl (C=O) groups is 1. The van der Waals surface area contributed by atoms with Crippen LogP contribution < -0.4 is 14.8 Å². The highest BCUT2D eigenvalue weighted by atomic mass is 16.7. The normalized spacial score (nSPS) is 17.6. The minimum atomic E-state index is -0.390. The Balaban J connectivity index is 1.55. The molecule has 2 amide bonds. The Labute approximate surface area is 192 Å². The van der Waals surface area contributed by atoms with E-state index in [1.807, 2.05) is 55.5 Å². The Morgan fingerprint density at radius 1 is 1.12 bits per heavy atom. The quantitative estimate of drug-likeness (QED) is 0.573. The fourth-order valence-corrected chi connectivity index (χ4v) is 4.10. The van der Waals surface area contributed by atoms with Crippen molar-refractivity contribution in [3.8, 4) is 22.9 Å². The molecule has 0 saturated carbocycles. The smallest absolute Gasteiger partial charge is 0.322 e. The molecule has 1 unspecified atom stereocenters. The van der Waals surface area contributed by atoms with E-state index in [1.165, 1.54) is 0 Å². The number of ether oxygens (including phenoxy) is 2. The van der Waals surface area contributed by atoms with Crippen molar-refractivity contribution in [3.63, 3.8) is 0 Å². The van der Waals surface area contributed by atoms with Gasteiger partial charge in [0.15, 0.2) is 11.5 Å². The first-order chi connectivity index (χ1) is 16.0. The number of carbonyl (C=O) groups excluding carboxylic acids is 1. The molecular formula is C25H26N4O4. The predicted molar refractivity (Wildman–Crippen MR) is 122 cm³/mol. The summed E-state index contributed by atoms with van der Waals surface area (Å²) in [5.74, 6) is 2.65. The first kappa shape index (κ1) is 21.1. The Hall–Kier alpha value is -3.81. The third-order valence-corrected chi connectivity index (χ3v) is 5.95. The summed E-state index contributed by atoms with van der Waals surface area (Å²) in [5.41, 5.74) is 3.32. The lowest BCUT2D eigenvalue weighted by atomic mass is 9.94. The highest BCUT2D eigenvalue weighted by Gasteiger charge is 2.35. The number of urea groups is 1. The van der Waals surface area contributed by atoms with Gasteiger partial charge in [0.1, 0.15) is 0 Å². The van der Waals surface area contributed by atoms with E-state index in [2.05, 4.69) is 24.3 Å². The topological polar surface area (TPSA) is 89.7 Å². The van der Waals surface area contributed by atoms with Crippen LogP contribution in [0.1, 0.15) is 44.7 Å². The molecule has 5 rings (SSSR count). The molecule has 1 atom stereocenters. The molecule has 0 fully saturated rings. The molecule has 3 heterocycles. The van der Waals surface area contributed by atoms with E-state index in [4.69, 9.17) is 19.0 Å². The maximum Gasteiger partial charge on any atom is 0.322 e. The van der Waals surface area contributed by atoms with Gasteiger partial charge in [-0.05, 0) is 43.0 Å². The summed E-state index contributed by atoms with van der Waals surface area (Å²) in [6.07, 6.45) is 0.889. The number of allylic oxidation sites excluding steroid dienone is 1. The number of aromatic nitrogens is 2. The van der Waals surface area contributed by atoms with Crippen molar-refractivity contribution in [2.45, 2.75) is 33.2 Å². The molecular weight excluding hydrogens is 420 g/mol. The number of nitrogens with one attached hydrogen (secondary N) is 1. The van der Waals surface area contributed by atoms with Gasteiger partial charge < -0.3 is 19.3 Å². The summed E-state index contributed by atoms with van der Waals surface area (Å²) >= 11 is 0. The van der Waals surface area contributed by atoms with Gasteiger partial charge in [-0.2, -0.15) is 4.98 Å². The third-order valence-electron chi connectivity index (χ3n) is 5.95. The fraction of sp³-hybridized carbons (Fsp3) is 0.320. The van der Waals surface area contributed by atoms with E-state index in [0.717, 1.165) is 28.8 Å². The molecule has 1 aromatic heterocycles. The second-order valence-corrected chi connectivity index (χ2v) is 8.62. The molecule has 2 aliphatic rings. The van der Waals surface area contributed by atoms with Crippen molar-refractivity contribution in [3.05, 3.63) is 65.7 Å². The second kappa shape index (κ2) is 8.61. The molecule has 1 N–H and O–H groups in total. The van der Waals surface area contributed by atoms with Crippen LogP contribution in [-0.4, -0.2) is 34.4 Å². The highest BCUT2D eigenvalue weighted by molar-refractivity contribution is 5.86. The maximum atomic E-state index is 13.0. The van der Waals surface area contributed by atoms with Crippen LogP contribution in [0, 0.1) is 5.92 Å². The van der Waals surface area contributed by atoms with Crippen LogP contribution in [0.3, 0.4) is 0 Å². The van der Waals surface area contributed by atoms with Crippen LogP contribution >= 0.6 is 0 Å². The van der Waals surface area contributed by atoms with Crippen molar-refractivity contribution in [1.82, 2.24) is 20.4 Å². The molecule has 170 valence electrons. The van der Waals surface area contributed by atoms with Gasteiger partial charge in [0.2, 0.25) is 12.6 Å². The van der Waals surface area contributed by atoms with Crippen LogP contribution in [0.2, 0.25) is 0 Å². The molecule has 33 heavy (non-hydrogen) atoms. The summed E-state index contributed by atoms with van der Waals surface area (Å²) in [7, 11) is 0. The Kier molecular flexibility index (Phi) is 5.50. The molecule has 8 heteroatoms. The Bertz CT molecular complexity index is 1200. The van der Waals surface area contributed by atoms with Crippen molar-refractivity contribution >= 4 is 11.6 Å². The number of rotatable bonds is 6. The van der Waals surface area contributed by atoms with Gasteiger partial charge in [0, 0.05) is 17.8 Å². The van der Waals surface area contributed by atoms with Gasteiger partial charge in [-0.25, -0.2) is 4.79 Å². The monoisotopic (exact) mass is 446 g/mol. The van der Waals surface area contributed by atoms with Crippen LogP contribution in [-0.2, 0) is 0 Å². The lowest BCUT2D eigenvalue weighted by Crippen LogP contribution is -2.46. The molecule has 8 nitrogen and oxygen atoms in total. The zero-order valence-corrected chi connectivity index (χ0v) is 18.9. The summed E-state index contributed by atoms with van der Waals surface area (Å²) in [6.45, 7) is 7.04. The SMILES string of the molecule is CC1=C(c2nc(-c3ccc4c(c3)OCO4)no2)C(c2ccccc2)NC(=O)N1CCC(C)C. The molecule has 0 saturated heterocycles. The summed E-state index contributed by atoms with van der Waals surface area (Å²) in [5, 5.41) is 7.35. The largest absolute Gasteiger partial charge is 0.454 e. The molecule has 0 aliphatic carbocycles. The minimum absolute atomic E-state index is 0.124. The van der Waals surface area contributed by atoms with Crippen LogP contribution in [0.25, 0.3) is 17.0 Å². The molecule has 0 bridgehead atoms. The number of hydrogen-bond acceptors (Lipinski definition) is 6. The van der Waals surface area contributed by atoms with E-state index < -0.39 is 0 Å². The molecule has 2 aliphatic heterocycles. The van der Waals surface area contributed by atoms with Crippen LogP contribution in [0.5, 0.6) is 11.5 Å². The Morgan fingerprint density at radius 2 is 1.91 bits per heavy atom. The van der Waals surface area contributed by atoms with Gasteiger partial charge in [0.05, 0.1) is 11.6 Å². The average molecular weight is 447 g/mol. The van der Waals surface area contributed by atoms with E-state index in [-0.39, 0.29) is 18.9 Å². The van der Waals surface area contributed by atoms with E-state index >= 15 is 0 Å². The van der Waals surface area contributed by atoms with E-state index in [9.17, 15) is 4.79 Å². The number of nitrogens with zero attached hydrogens (tertiary/aromatic N) is 3. The Morgan fingerprint density at radius 3 is 2.70 bits per heavy atom. The van der Waals surface area contributed by atoms with Gasteiger partial charge in [-0.15, -0.1) is 0 Å². The lowest BCUT2D eigenvalue weighted by molar-refractivity contribution is 0.174. The molecule has 2 aromatic carbocycles. The van der Waals surface area contributed by atoms with Gasteiger partial charge in [-0.1, -0.05) is 49.3 Å².